The van der Waals surface area contributed by atoms with Gasteiger partial charge < -0.3 is 10.1 Å². The van der Waals surface area contributed by atoms with E-state index in [2.05, 4.69) is 5.32 Å². The molecule has 5 heteroatoms. The summed E-state index contributed by atoms with van der Waals surface area (Å²) in [6.45, 7) is 1.79. The van der Waals surface area contributed by atoms with E-state index in [4.69, 9.17) is 4.74 Å². The summed E-state index contributed by atoms with van der Waals surface area (Å²) in [6.07, 6.45) is 0.688. The highest BCUT2D eigenvalue weighted by atomic mass is 16.6. The fourth-order valence-electron chi connectivity index (χ4n) is 1.15. The number of hydrogen-bond acceptors (Lipinski definition) is 4. The molecule has 1 N–H and O–H groups in total. The van der Waals surface area contributed by atoms with Crippen molar-refractivity contribution in [3.8, 4) is 0 Å². The first-order chi connectivity index (χ1) is 6.50. The Labute approximate surface area is 83.4 Å². The van der Waals surface area contributed by atoms with Gasteiger partial charge in [0.2, 0.25) is 5.91 Å². The third-order valence-electron chi connectivity index (χ3n) is 2.29. The smallest absolute Gasteiger partial charge is 0.330 e. The first-order valence-electron chi connectivity index (χ1n) is 4.67. The summed E-state index contributed by atoms with van der Waals surface area (Å²) in [5.41, 5.74) is 0. The number of ether oxygens (including phenoxy) is 1. The van der Waals surface area contributed by atoms with Crippen molar-refractivity contribution in [2.75, 3.05) is 14.1 Å². The maximum Gasteiger partial charge on any atom is 0.330 e. The van der Waals surface area contributed by atoms with E-state index in [0.717, 1.165) is 0 Å². The van der Waals surface area contributed by atoms with Gasteiger partial charge in [-0.05, 0) is 27.4 Å². The van der Waals surface area contributed by atoms with E-state index in [0.29, 0.717) is 12.8 Å². The van der Waals surface area contributed by atoms with Crippen molar-refractivity contribution in [1.29, 1.82) is 0 Å². The SMILES string of the molecule is CC(OC(=O)[C@@H]1CCC(=O)N1)N(C)C. The molecule has 0 aromatic rings. The average Bonchev–Trinajstić information content (AvgIpc) is 2.51. The number of rotatable bonds is 3. The lowest BCUT2D eigenvalue weighted by atomic mass is 10.2. The quantitative estimate of drug-likeness (QED) is 0.502. The van der Waals surface area contributed by atoms with Gasteiger partial charge in [-0.15, -0.1) is 0 Å². The Morgan fingerprint density at radius 2 is 2.29 bits per heavy atom. The average molecular weight is 200 g/mol. The van der Waals surface area contributed by atoms with E-state index < -0.39 is 6.04 Å². The van der Waals surface area contributed by atoms with Gasteiger partial charge in [0, 0.05) is 6.42 Å². The van der Waals surface area contributed by atoms with Gasteiger partial charge in [0.25, 0.3) is 0 Å². The molecule has 1 rings (SSSR count). The number of carbonyl (C=O) groups excluding carboxylic acids is 2. The summed E-state index contributed by atoms with van der Waals surface area (Å²) < 4.78 is 5.12. The topological polar surface area (TPSA) is 58.6 Å². The Balaban J connectivity index is 2.39. The second-order valence-corrected chi connectivity index (χ2v) is 3.66. The van der Waals surface area contributed by atoms with Crippen LogP contribution in [-0.2, 0) is 14.3 Å². The van der Waals surface area contributed by atoms with Crippen molar-refractivity contribution in [2.45, 2.75) is 32.0 Å². The van der Waals surface area contributed by atoms with E-state index in [1.807, 2.05) is 14.1 Å². The second-order valence-electron chi connectivity index (χ2n) is 3.66. The molecule has 0 aromatic heterocycles. The highest BCUT2D eigenvalue weighted by molar-refractivity contribution is 5.88. The van der Waals surface area contributed by atoms with Crippen molar-refractivity contribution < 1.29 is 14.3 Å². The molecule has 0 aromatic carbocycles. The van der Waals surface area contributed by atoms with Crippen molar-refractivity contribution in [2.24, 2.45) is 0 Å². The lowest BCUT2D eigenvalue weighted by Crippen LogP contribution is -2.39. The third kappa shape index (κ3) is 2.70. The van der Waals surface area contributed by atoms with Crippen molar-refractivity contribution in [3.05, 3.63) is 0 Å². The van der Waals surface area contributed by atoms with Crippen LogP contribution in [0.25, 0.3) is 0 Å². The summed E-state index contributed by atoms with van der Waals surface area (Å²) in [4.78, 5) is 24.1. The summed E-state index contributed by atoms with van der Waals surface area (Å²) >= 11 is 0. The number of carbonyl (C=O) groups is 2. The first-order valence-corrected chi connectivity index (χ1v) is 4.67. The third-order valence-corrected chi connectivity index (χ3v) is 2.29. The van der Waals surface area contributed by atoms with Gasteiger partial charge in [0.05, 0.1) is 0 Å². The Morgan fingerprint density at radius 1 is 1.64 bits per heavy atom. The number of esters is 1. The van der Waals surface area contributed by atoms with Gasteiger partial charge in [0.15, 0.2) is 6.23 Å². The number of hydrogen-bond donors (Lipinski definition) is 1. The molecule has 1 saturated heterocycles. The van der Waals surface area contributed by atoms with Crippen LogP contribution in [-0.4, -0.2) is 43.1 Å². The second kappa shape index (κ2) is 4.41. The Hall–Kier alpha value is -1.10. The van der Waals surface area contributed by atoms with E-state index in [1.165, 1.54) is 0 Å². The van der Waals surface area contributed by atoms with E-state index in [-0.39, 0.29) is 18.1 Å². The van der Waals surface area contributed by atoms with Gasteiger partial charge in [-0.25, -0.2) is 4.79 Å². The molecule has 0 aliphatic carbocycles. The predicted molar refractivity (Wildman–Crippen MR) is 50.4 cm³/mol. The van der Waals surface area contributed by atoms with Crippen molar-refractivity contribution in [1.82, 2.24) is 10.2 Å². The summed E-state index contributed by atoms with van der Waals surface area (Å²) in [6, 6.07) is -0.454. The molecule has 1 unspecified atom stereocenters. The van der Waals surface area contributed by atoms with Gasteiger partial charge in [0.1, 0.15) is 6.04 Å². The first kappa shape index (κ1) is 11.0. The standard InChI is InChI=1S/C9H16N2O3/c1-6(11(2)3)14-9(13)7-4-5-8(12)10-7/h6-7H,4-5H2,1-3H3,(H,10,12)/t6?,7-/m0/s1. The fourth-order valence-corrected chi connectivity index (χ4v) is 1.15. The maximum atomic E-state index is 11.4. The largest absolute Gasteiger partial charge is 0.445 e. The molecule has 0 radical (unpaired) electrons. The number of nitrogens with one attached hydrogen (secondary N) is 1. The molecule has 1 fully saturated rings. The van der Waals surface area contributed by atoms with Crippen molar-refractivity contribution >= 4 is 11.9 Å². The molecular formula is C9H16N2O3. The maximum absolute atomic E-state index is 11.4. The molecule has 5 nitrogen and oxygen atoms in total. The molecule has 1 aliphatic rings. The minimum absolute atomic E-state index is 0.0792. The minimum Gasteiger partial charge on any atom is -0.445 e. The molecular weight excluding hydrogens is 184 g/mol. The molecule has 14 heavy (non-hydrogen) atoms. The highest BCUT2D eigenvalue weighted by Crippen LogP contribution is 2.09. The van der Waals surface area contributed by atoms with Crippen LogP contribution in [0.15, 0.2) is 0 Å². The molecule has 0 spiro atoms. The highest BCUT2D eigenvalue weighted by Gasteiger charge is 2.29. The summed E-state index contributed by atoms with van der Waals surface area (Å²) in [7, 11) is 3.65. The summed E-state index contributed by atoms with van der Waals surface area (Å²) in [5, 5.41) is 2.57. The van der Waals surface area contributed by atoms with Crippen molar-refractivity contribution in [3.63, 3.8) is 0 Å². The van der Waals surface area contributed by atoms with Crippen LogP contribution in [0.4, 0.5) is 0 Å². The predicted octanol–water partition coefficient (Wildman–Crippen LogP) is -0.284. The zero-order valence-corrected chi connectivity index (χ0v) is 8.74. The Kier molecular flexibility index (Phi) is 3.46. The van der Waals surface area contributed by atoms with Crippen LogP contribution in [0.5, 0.6) is 0 Å². The molecule has 0 bridgehead atoms. The van der Waals surface area contributed by atoms with E-state index in [9.17, 15) is 9.59 Å². The van der Waals surface area contributed by atoms with Gasteiger partial charge in [-0.2, -0.15) is 0 Å². The van der Waals surface area contributed by atoms with Gasteiger partial charge in [-0.1, -0.05) is 0 Å². The zero-order chi connectivity index (χ0) is 10.7. The van der Waals surface area contributed by atoms with Crippen LogP contribution in [0, 0.1) is 0 Å². The lowest BCUT2D eigenvalue weighted by Gasteiger charge is -2.21. The number of nitrogens with zero attached hydrogens (tertiary/aromatic N) is 1. The molecule has 80 valence electrons. The molecule has 1 amide bonds. The molecule has 1 aliphatic heterocycles. The van der Waals surface area contributed by atoms with Gasteiger partial charge >= 0.3 is 5.97 Å². The lowest BCUT2D eigenvalue weighted by molar-refractivity contribution is -0.158. The normalized spacial score (nSPS) is 23.4. The van der Waals surface area contributed by atoms with Crippen LogP contribution in [0.2, 0.25) is 0 Å². The minimum atomic E-state index is -0.454. The Morgan fingerprint density at radius 3 is 2.71 bits per heavy atom. The fraction of sp³-hybridized carbons (Fsp3) is 0.778. The summed E-state index contributed by atoms with van der Waals surface area (Å²) in [5.74, 6) is -0.429. The molecule has 0 saturated carbocycles. The molecule has 1 heterocycles. The monoisotopic (exact) mass is 200 g/mol. The zero-order valence-electron chi connectivity index (χ0n) is 8.74. The van der Waals surface area contributed by atoms with Crippen LogP contribution in [0.3, 0.4) is 0 Å². The number of amides is 1. The molecule has 2 atom stereocenters. The van der Waals surface area contributed by atoms with Crippen LogP contribution in [0.1, 0.15) is 19.8 Å². The van der Waals surface area contributed by atoms with E-state index >= 15 is 0 Å². The van der Waals surface area contributed by atoms with Gasteiger partial charge in [-0.3, -0.25) is 9.69 Å². The van der Waals surface area contributed by atoms with Crippen LogP contribution < -0.4 is 5.32 Å². The van der Waals surface area contributed by atoms with E-state index in [1.54, 1.807) is 11.8 Å². The Bertz CT molecular complexity index is 240. The van der Waals surface area contributed by atoms with Crippen LogP contribution >= 0.6 is 0 Å².